The van der Waals surface area contributed by atoms with Crippen LogP contribution in [0.15, 0.2) is 48.5 Å². The second-order valence-corrected chi connectivity index (χ2v) is 7.46. The van der Waals surface area contributed by atoms with Gasteiger partial charge in [-0.2, -0.15) is 13.2 Å². The highest BCUT2D eigenvalue weighted by Crippen LogP contribution is 2.36. The molecule has 3 rings (SSSR count). The molecule has 11 heteroatoms. The summed E-state index contributed by atoms with van der Waals surface area (Å²) in [4.78, 5) is 24.4. The number of rotatable bonds is 5. The lowest BCUT2D eigenvalue weighted by molar-refractivity contribution is -0.384. The van der Waals surface area contributed by atoms with Gasteiger partial charge in [0.15, 0.2) is 5.11 Å². The number of hydrogen-bond donors (Lipinski definition) is 2. The molecule has 0 atom stereocenters. The Hall–Kier alpha value is -3.47. The highest BCUT2D eigenvalue weighted by molar-refractivity contribution is 7.80. The zero-order valence-corrected chi connectivity index (χ0v) is 17.5. The molecule has 1 heterocycles. The molecule has 0 unspecified atom stereocenters. The van der Waals surface area contributed by atoms with Gasteiger partial charge in [0.1, 0.15) is 0 Å². The molecule has 0 saturated carbocycles. The predicted molar refractivity (Wildman–Crippen MR) is 119 cm³/mol. The van der Waals surface area contributed by atoms with Crippen molar-refractivity contribution < 1.29 is 22.9 Å². The van der Waals surface area contributed by atoms with E-state index < -0.39 is 22.6 Å². The van der Waals surface area contributed by atoms with Crippen LogP contribution in [-0.2, 0) is 11.0 Å². The highest BCUT2D eigenvalue weighted by atomic mass is 32.1. The van der Waals surface area contributed by atoms with Crippen molar-refractivity contribution in [1.29, 1.82) is 0 Å². The van der Waals surface area contributed by atoms with Gasteiger partial charge in [-0.1, -0.05) is 12.1 Å². The van der Waals surface area contributed by atoms with E-state index in [1.807, 2.05) is 4.90 Å². The standard InChI is InChI=1S/C21H19F3N4O3S/c22-21(23,24)15-7-8-18(27-10-1-2-11-27)17(13-15)25-20(32)26-19(29)9-6-14-4-3-5-16(12-14)28(30)31/h3-9,12-13H,1-2,10-11H2,(H2,25,26,29,32)/b9-6+. The number of anilines is 2. The van der Waals surface area contributed by atoms with E-state index in [4.69, 9.17) is 12.2 Å². The Kier molecular flexibility index (Phi) is 7.08. The van der Waals surface area contributed by atoms with E-state index in [1.54, 1.807) is 6.07 Å². The summed E-state index contributed by atoms with van der Waals surface area (Å²) in [6, 6.07) is 9.05. The maximum atomic E-state index is 13.2. The van der Waals surface area contributed by atoms with Crippen LogP contribution < -0.4 is 15.5 Å². The zero-order valence-electron chi connectivity index (χ0n) is 16.7. The second-order valence-electron chi connectivity index (χ2n) is 7.05. The maximum Gasteiger partial charge on any atom is 0.416 e. The largest absolute Gasteiger partial charge is 0.416 e. The molecule has 168 valence electrons. The number of carbonyl (C=O) groups excluding carboxylic acids is 1. The first-order valence-corrected chi connectivity index (χ1v) is 10.0. The Labute approximate surface area is 187 Å². The molecule has 0 radical (unpaired) electrons. The number of carbonyl (C=O) groups is 1. The van der Waals surface area contributed by atoms with Crippen LogP contribution >= 0.6 is 12.2 Å². The molecule has 7 nitrogen and oxygen atoms in total. The Morgan fingerprint density at radius 1 is 1.16 bits per heavy atom. The van der Waals surface area contributed by atoms with Gasteiger partial charge in [0, 0.05) is 31.3 Å². The maximum absolute atomic E-state index is 13.2. The quantitative estimate of drug-likeness (QED) is 0.288. The lowest BCUT2D eigenvalue weighted by atomic mass is 10.1. The molecule has 1 saturated heterocycles. The van der Waals surface area contributed by atoms with Crippen molar-refractivity contribution in [3.63, 3.8) is 0 Å². The van der Waals surface area contributed by atoms with Crippen molar-refractivity contribution >= 4 is 46.4 Å². The van der Waals surface area contributed by atoms with Crippen LogP contribution in [-0.4, -0.2) is 29.0 Å². The summed E-state index contributed by atoms with van der Waals surface area (Å²) in [6.45, 7) is 1.43. The number of non-ortho nitro benzene ring substituents is 1. The van der Waals surface area contributed by atoms with Gasteiger partial charge in [0.25, 0.3) is 5.69 Å². The minimum Gasteiger partial charge on any atom is -0.370 e. The van der Waals surface area contributed by atoms with Gasteiger partial charge < -0.3 is 10.2 Å². The fourth-order valence-corrected chi connectivity index (χ4v) is 3.48. The van der Waals surface area contributed by atoms with E-state index in [0.717, 1.165) is 31.1 Å². The van der Waals surface area contributed by atoms with Crippen LogP contribution in [0.4, 0.5) is 30.2 Å². The summed E-state index contributed by atoms with van der Waals surface area (Å²) < 4.78 is 39.5. The third-order valence-electron chi connectivity index (χ3n) is 4.76. The Bertz CT molecular complexity index is 1070. The van der Waals surface area contributed by atoms with Gasteiger partial charge in [0.2, 0.25) is 5.91 Å². The fourth-order valence-electron chi connectivity index (χ4n) is 3.27. The number of nitro benzene ring substituents is 1. The Morgan fingerprint density at radius 3 is 2.53 bits per heavy atom. The van der Waals surface area contributed by atoms with Gasteiger partial charge in [-0.05, 0) is 54.9 Å². The summed E-state index contributed by atoms with van der Waals surface area (Å²) in [5.74, 6) is -0.635. The summed E-state index contributed by atoms with van der Waals surface area (Å²) in [6.07, 6.45) is -0.161. The third-order valence-corrected chi connectivity index (χ3v) is 4.97. The highest BCUT2D eigenvalue weighted by Gasteiger charge is 2.31. The van der Waals surface area contributed by atoms with E-state index in [-0.39, 0.29) is 16.5 Å². The molecule has 1 amide bonds. The normalized spacial score (nSPS) is 13.9. The molecule has 1 aliphatic heterocycles. The van der Waals surface area contributed by atoms with Crippen LogP contribution in [0.3, 0.4) is 0 Å². The van der Waals surface area contributed by atoms with E-state index in [2.05, 4.69) is 10.6 Å². The molecule has 0 aliphatic carbocycles. The average molecular weight is 464 g/mol. The fraction of sp³-hybridized carbons (Fsp3) is 0.238. The molecule has 2 N–H and O–H groups in total. The van der Waals surface area contributed by atoms with Gasteiger partial charge in [0.05, 0.1) is 21.9 Å². The lowest BCUT2D eigenvalue weighted by Crippen LogP contribution is -2.33. The van der Waals surface area contributed by atoms with E-state index in [1.165, 1.54) is 30.3 Å². The number of benzene rings is 2. The van der Waals surface area contributed by atoms with Gasteiger partial charge >= 0.3 is 6.18 Å². The zero-order chi connectivity index (χ0) is 23.3. The van der Waals surface area contributed by atoms with Crippen LogP contribution in [0.25, 0.3) is 6.08 Å². The molecule has 32 heavy (non-hydrogen) atoms. The molecule has 2 aromatic carbocycles. The van der Waals surface area contributed by atoms with E-state index in [0.29, 0.717) is 24.3 Å². The molecular weight excluding hydrogens is 445 g/mol. The molecule has 1 aliphatic rings. The Morgan fingerprint density at radius 2 is 1.88 bits per heavy atom. The molecule has 0 spiro atoms. The number of halogens is 3. The Balaban J connectivity index is 1.71. The van der Waals surface area contributed by atoms with Crippen LogP contribution in [0.2, 0.25) is 0 Å². The molecule has 0 bridgehead atoms. The van der Waals surface area contributed by atoms with Crippen LogP contribution in [0.1, 0.15) is 24.0 Å². The summed E-state index contributed by atoms with van der Waals surface area (Å²) >= 11 is 5.10. The number of nitro groups is 1. The summed E-state index contributed by atoms with van der Waals surface area (Å²) in [5.41, 5.74) is 0.197. The first kappa shape index (κ1) is 23.2. The van der Waals surface area contributed by atoms with E-state index in [9.17, 15) is 28.1 Å². The average Bonchev–Trinajstić information content (AvgIpc) is 3.26. The topological polar surface area (TPSA) is 87.5 Å². The SMILES string of the molecule is O=C(/C=C/c1cccc([N+](=O)[O-])c1)NC(=S)Nc1cc(C(F)(F)F)ccc1N1CCCC1. The van der Waals surface area contributed by atoms with Crippen molar-refractivity contribution in [2.24, 2.45) is 0 Å². The molecule has 1 fully saturated rings. The smallest absolute Gasteiger partial charge is 0.370 e. The number of thiocarbonyl (C=S) groups is 1. The van der Waals surface area contributed by atoms with Crippen molar-refractivity contribution in [2.45, 2.75) is 19.0 Å². The first-order chi connectivity index (χ1) is 15.1. The molecule has 0 aromatic heterocycles. The number of nitrogens with one attached hydrogen (secondary N) is 2. The van der Waals surface area contributed by atoms with Crippen molar-refractivity contribution in [3.05, 3.63) is 69.8 Å². The molecule has 2 aromatic rings. The molecular formula is C21H19F3N4O3S. The van der Waals surface area contributed by atoms with Crippen LogP contribution in [0, 0.1) is 10.1 Å². The second kappa shape index (κ2) is 9.77. The number of amides is 1. The third kappa shape index (κ3) is 6.03. The lowest BCUT2D eigenvalue weighted by Gasteiger charge is -2.23. The minimum atomic E-state index is -4.52. The first-order valence-electron chi connectivity index (χ1n) is 9.64. The van der Waals surface area contributed by atoms with Crippen molar-refractivity contribution in [1.82, 2.24) is 5.32 Å². The van der Waals surface area contributed by atoms with Crippen molar-refractivity contribution in [2.75, 3.05) is 23.3 Å². The number of nitrogens with zero attached hydrogens (tertiary/aromatic N) is 2. The van der Waals surface area contributed by atoms with Crippen LogP contribution in [0.5, 0.6) is 0 Å². The van der Waals surface area contributed by atoms with Crippen molar-refractivity contribution in [3.8, 4) is 0 Å². The minimum absolute atomic E-state index is 0.122. The van der Waals surface area contributed by atoms with Gasteiger partial charge in [-0.3, -0.25) is 20.2 Å². The number of alkyl halides is 3. The number of hydrogen-bond acceptors (Lipinski definition) is 5. The predicted octanol–water partition coefficient (Wildman–Crippen LogP) is 4.74. The summed E-state index contributed by atoms with van der Waals surface area (Å²) in [7, 11) is 0. The van der Waals surface area contributed by atoms with E-state index >= 15 is 0 Å². The van der Waals surface area contributed by atoms with Gasteiger partial charge in [-0.25, -0.2) is 0 Å². The monoisotopic (exact) mass is 464 g/mol. The van der Waals surface area contributed by atoms with Gasteiger partial charge in [-0.15, -0.1) is 0 Å². The summed E-state index contributed by atoms with van der Waals surface area (Å²) in [5, 5.41) is 15.7.